The van der Waals surface area contributed by atoms with Gasteiger partial charge in [0.15, 0.2) is 5.13 Å². The SMILES string of the molecule is Nc1nc(NC2CCN(S(=O)(=O)c3ccc(-c4ccncc4)nc3)CC2)sc1C(=O)c1c(F)cccc1F. The Morgan fingerprint density at radius 3 is 2.37 bits per heavy atom. The fraction of sp³-hybridized carbons (Fsp3) is 0.200. The second-order valence-corrected chi connectivity index (χ2v) is 11.5. The highest BCUT2D eigenvalue weighted by atomic mass is 32.2. The van der Waals surface area contributed by atoms with Crippen molar-refractivity contribution in [2.75, 3.05) is 24.1 Å². The first-order valence-electron chi connectivity index (χ1n) is 11.6. The standard InChI is InChI=1S/C25H22F2N6O3S2/c26-18-2-1-3-19(27)21(18)22(34)23-24(28)32-25(37-23)31-16-8-12-33(13-9-16)38(35,36)17-4-5-20(30-14-17)15-6-10-29-11-7-15/h1-7,10-11,14,16H,8-9,12-13,28H2,(H,31,32). The van der Waals surface area contributed by atoms with Gasteiger partial charge < -0.3 is 11.1 Å². The van der Waals surface area contributed by atoms with Crippen molar-refractivity contribution in [1.82, 2.24) is 19.3 Å². The second kappa shape index (κ2) is 10.5. The molecule has 0 spiro atoms. The number of ketones is 1. The lowest BCUT2D eigenvalue weighted by Gasteiger charge is -2.31. The van der Waals surface area contributed by atoms with Crippen molar-refractivity contribution >= 4 is 38.1 Å². The lowest BCUT2D eigenvalue weighted by molar-refractivity contribution is 0.103. The van der Waals surface area contributed by atoms with Crippen LogP contribution in [-0.4, -0.2) is 52.6 Å². The first-order valence-corrected chi connectivity index (χ1v) is 13.9. The van der Waals surface area contributed by atoms with Crippen molar-refractivity contribution in [3.05, 3.63) is 83.1 Å². The Labute approximate surface area is 221 Å². The van der Waals surface area contributed by atoms with Crippen LogP contribution in [0.5, 0.6) is 0 Å². The number of rotatable bonds is 7. The third-order valence-electron chi connectivity index (χ3n) is 6.18. The molecule has 13 heteroatoms. The number of halogens is 2. The summed E-state index contributed by atoms with van der Waals surface area (Å²) in [5.41, 5.74) is 6.67. The van der Waals surface area contributed by atoms with Crippen LogP contribution in [0.4, 0.5) is 19.7 Å². The number of thiazole rings is 1. The number of benzene rings is 1. The van der Waals surface area contributed by atoms with Crippen LogP contribution in [0.15, 0.2) is 66.0 Å². The molecule has 38 heavy (non-hydrogen) atoms. The molecule has 3 N–H and O–H groups in total. The predicted molar refractivity (Wildman–Crippen MR) is 139 cm³/mol. The summed E-state index contributed by atoms with van der Waals surface area (Å²) in [4.78, 5) is 25.1. The minimum atomic E-state index is -3.73. The number of piperidine rings is 1. The summed E-state index contributed by atoms with van der Waals surface area (Å²) in [5.74, 6) is -2.97. The van der Waals surface area contributed by atoms with E-state index in [4.69, 9.17) is 5.73 Å². The molecular weight excluding hydrogens is 534 g/mol. The zero-order valence-electron chi connectivity index (χ0n) is 19.8. The lowest BCUT2D eigenvalue weighted by atomic mass is 10.1. The lowest BCUT2D eigenvalue weighted by Crippen LogP contribution is -2.42. The van der Waals surface area contributed by atoms with Gasteiger partial charge in [-0.15, -0.1) is 0 Å². The number of hydrogen-bond donors (Lipinski definition) is 2. The number of nitrogens with one attached hydrogen (secondary N) is 1. The number of sulfonamides is 1. The smallest absolute Gasteiger partial charge is 0.244 e. The second-order valence-electron chi connectivity index (χ2n) is 8.60. The Kier molecular flexibility index (Phi) is 7.15. The molecule has 3 aromatic heterocycles. The summed E-state index contributed by atoms with van der Waals surface area (Å²) >= 11 is 0.902. The van der Waals surface area contributed by atoms with Gasteiger partial charge in [-0.2, -0.15) is 4.31 Å². The molecular formula is C25H22F2N6O3S2. The number of carbonyl (C=O) groups excluding carboxylic acids is 1. The van der Waals surface area contributed by atoms with Crippen LogP contribution in [0.2, 0.25) is 0 Å². The molecule has 5 rings (SSSR count). The molecule has 4 heterocycles. The third-order valence-corrected chi connectivity index (χ3v) is 9.06. The van der Waals surface area contributed by atoms with Gasteiger partial charge in [0.25, 0.3) is 0 Å². The van der Waals surface area contributed by atoms with Gasteiger partial charge in [-0.3, -0.25) is 14.8 Å². The maximum Gasteiger partial charge on any atom is 0.244 e. The maximum atomic E-state index is 14.1. The number of nitrogens with zero attached hydrogens (tertiary/aromatic N) is 4. The molecule has 0 unspecified atom stereocenters. The van der Waals surface area contributed by atoms with E-state index in [0.29, 0.717) is 23.7 Å². The summed E-state index contributed by atoms with van der Waals surface area (Å²) in [7, 11) is -3.73. The Balaban J connectivity index is 1.23. The number of hydrogen-bond acceptors (Lipinski definition) is 9. The summed E-state index contributed by atoms with van der Waals surface area (Å²) < 4.78 is 55.8. The fourth-order valence-electron chi connectivity index (χ4n) is 4.18. The highest BCUT2D eigenvalue weighted by Gasteiger charge is 2.31. The van der Waals surface area contributed by atoms with Crippen molar-refractivity contribution < 1.29 is 22.0 Å². The first-order chi connectivity index (χ1) is 18.2. The number of nitrogen functional groups attached to an aromatic ring is 1. The van der Waals surface area contributed by atoms with E-state index >= 15 is 0 Å². The van der Waals surface area contributed by atoms with Crippen LogP contribution in [0.25, 0.3) is 11.3 Å². The van der Waals surface area contributed by atoms with E-state index < -0.39 is 33.0 Å². The van der Waals surface area contributed by atoms with E-state index in [0.717, 1.165) is 29.0 Å². The van der Waals surface area contributed by atoms with E-state index in [1.54, 1.807) is 30.6 Å². The molecule has 9 nitrogen and oxygen atoms in total. The zero-order chi connectivity index (χ0) is 26.9. The molecule has 1 aliphatic rings. The molecule has 0 radical (unpaired) electrons. The van der Waals surface area contributed by atoms with Crippen LogP contribution >= 0.6 is 11.3 Å². The normalized spacial score (nSPS) is 14.9. The van der Waals surface area contributed by atoms with Gasteiger partial charge in [0.05, 0.1) is 11.3 Å². The van der Waals surface area contributed by atoms with Gasteiger partial charge in [-0.25, -0.2) is 22.2 Å². The molecule has 0 aliphatic carbocycles. The van der Waals surface area contributed by atoms with Crippen molar-refractivity contribution in [1.29, 1.82) is 0 Å². The largest absolute Gasteiger partial charge is 0.382 e. The van der Waals surface area contributed by atoms with E-state index in [-0.39, 0.29) is 34.7 Å². The highest BCUT2D eigenvalue weighted by molar-refractivity contribution is 7.89. The van der Waals surface area contributed by atoms with Gasteiger partial charge in [0.1, 0.15) is 27.2 Å². The van der Waals surface area contributed by atoms with Gasteiger partial charge in [0, 0.05) is 43.3 Å². The van der Waals surface area contributed by atoms with Crippen LogP contribution in [0.3, 0.4) is 0 Å². The zero-order valence-corrected chi connectivity index (χ0v) is 21.5. The molecule has 196 valence electrons. The van der Waals surface area contributed by atoms with Crippen LogP contribution in [0, 0.1) is 11.6 Å². The molecule has 0 atom stereocenters. The quantitative estimate of drug-likeness (QED) is 0.327. The molecule has 1 fully saturated rings. The summed E-state index contributed by atoms with van der Waals surface area (Å²) in [6, 6.07) is 9.83. The van der Waals surface area contributed by atoms with E-state index in [1.807, 2.05) is 0 Å². The number of nitrogens with two attached hydrogens (primary N) is 1. The predicted octanol–water partition coefficient (Wildman–Crippen LogP) is 3.96. The molecule has 0 saturated carbocycles. The Morgan fingerprint density at radius 2 is 1.74 bits per heavy atom. The van der Waals surface area contributed by atoms with Crippen LogP contribution in [-0.2, 0) is 10.0 Å². The van der Waals surface area contributed by atoms with Gasteiger partial charge >= 0.3 is 0 Å². The Bertz CT molecular complexity index is 1550. The van der Waals surface area contributed by atoms with E-state index in [2.05, 4.69) is 20.3 Å². The topological polar surface area (TPSA) is 131 Å². The molecule has 1 aliphatic heterocycles. The van der Waals surface area contributed by atoms with Gasteiger partial charge in [-0.1, -0.05) is 17.4 Å². The number of carbonyl (C=O) groups is 1. The van der Waals surface area contributed by atoms with Crippen LogP contribution in [0.1, 0.15) is 28.1 Å². The monoisotopic (exact) mass is 556 g/mol. The van der Waals surface area contributed by atoms with Crippen molar-refractivity contribution in [3.63, 3.8) is 0 Å². The number of pyridine rings is 2. The third kappa shape index (κ3) is 5.12. The Hall–Kier alpha value is -3.81. The molecule has 1 saturated heterocycles. The number of anilines is 2. The van der Waals surface area contributed by atoms with E-state index in [1.165, 1.54) is 22.6 Å². The number of aromatic nitrogens is 3. The van der Waals surface area contributed by atoms with Gasteiger partial charge in [-0.05, 0) is 49.2 Å². The molecule has 0 amide bonds. The fourth-order valence-corrected chi connectivity index (χ4v) is 6.50. The molecule has 0 bridgehead atoms. The Morgan fingerprint density at radius 1 is 1.05 bits per heavy atom. The minimum absolute atomic E-state index is 0.0702. The summed E-state index contributed by atoms with van der Waals surface area (Å²) in [6.45, 7) is 0.526. The van der Waals surface area contributed by atoms with Gasteiger partial charge in [0.2, 0.25) is 15.8 Å². The summed E-state index contributed by atoms with van der Waals surface area (Å²) in [5, 5.41) is 3.48. The molecule has 1 aromatic carbocycles. The minimum Gasteiger partial charge on any atom is -0.382 e. The van der Waals surface area contributed by atoms with Crippen LogP contribution < -0.4 is 11.1 Å². The van der Waals surface area contributed by atoms with Crippen molar-refractivity contribution in [2.45, 2.75) is 23.8 Å². The molecule has 4 aromatic rings. The first kappa shape index (κ1) is 25.8. The van der Waals surface area contributed by atoms with Crippen molar-refractivity contribution in [3.8, 4) is 11.3 Å². The highest BCUT2D eigenvalue weighted by Crippen LogP contribution is 2.31. The average Bonchev–Trinajstić information content (AvgIpc) is 3.29. The van der Waals surface area contributed by atoms with Crippen molar-refractivity contribution in [2.24, 2.45) is 0 Å². The van der Waals surface area contributed by atoms with E-state index in [9.17, 15) is 22.0 Å². The average molecular weight is 557 g/mol. The summed E-state index contributed by atoms with van der Waals surface area (Å²) in [6.07, 6.45) is 5.59. The maximum absolute atomic E-state index is 14.1.